The van der Waals surface area contributed by atoms with Gasteiger partial charge in [-0.3, -0.25) is 14.9 Å². The minimum absolute atomic E-state index is 0.00239. The Bertz CT molecular complexity index is 1220. The summed E-state index contributed by atoms with van der Waals surface area (Å²) in [6.07, 6.45) is 1.50. The molecule has 0 fully saturated rings. The first-order valence-electron chi connectivity index (χ1n) is 8.04. The highest BCUT2D eigenvalue weighted by atomic mass is 35.5. The number of nitrogens with one attached hydrogen (secondary N) is 1. The molecule has 1 N–H and O–H groups in total. The number of rotatable bonds is 4. The topological polar surface area (TPSA) is 115 Å². The molecule has 0 radical (unpaired) electrons. The number of halogens is 1. The molecule has 0 aliphatic heterocycles. The van der Waals surface area contributed by atoms with E-state index >= 15 is 0 Å². The van der Waals surface area contributed by atoms with Gasteiger partial charge in [0.05, 0.1) is 21.2 Å². The number of aromatic nitrogens is 4. The van der Waals surface area contributed by atoms with E-state index in [4.69, 9.17) is 11.6 Å². The first kappa shape index (κ1) is 17.6. The minimum atomic E-state index is -0.573. The Labute approximate surface area is 162 Å². The number of nitro groups is 1. The summed E-state index contributed by atoms with van der Waals surface area (Å²) in [6, 6.07) is 14.4. The molecule has 0 atom stereocenters. The second kappa shape index (κ2) is 7.05. The molecular weight excluding hydrogens is 384 g/mol. The van der Waals surface area contributed by atoms with Gasteiger partial charge in [0.25, 0.3) is 11.6 Å². The molecule has 10 heteroatoms. The Kier molecular flexibility index (Phi) is 4.42. The molecule has 0 bridgehead atoms. The Balaban J connectivity index is 1.59. The summed E-state index contributed by atoms with van der Waals surface area (Å²) in [5, 5.41) is 25.6. The van der Waals surface area contributed by atoms with Crippen molar-refractivity contribution >= 4 is 34.5 Å². The van der Waals surface area contributed by atoms with Crippen LogP contribution in [0.15, 0.2) is 60.9 Å². The summed E-state index contributed by atoms with van der Waals surface area (Å²) in [6.45, 7) is 0. The smallest absolute Gasteiger partial charge is 0.270 e. The molecule has 4 rings (SSSR count). The van der Waals surface area contributed by atoms with Gasteiger partial charge < -0.3 is 5.32 Å². The van der Waals surface area contributed by atoms with Gasteiger partial charge in [-0.25, -0.2) is 0 Å². The van der Waals surface area contributed by atoms with Crippen molar-refractivity contribution in [2.24, 2.45) is 0 Å². The molecule has 138 valence electrons. The predicted octanol–water partition coefficient (Wildman–Crippen LogP) is 3.61. The second-order valence-corrected chi connectivity index (χ2v) is 6.22. The molecule has 1 amide bonds. The number of amides is 1. The maximum absolute atomic E-state index is 12.5. The third-order valence-corrected chi connectivity index (χ3v) is 4.30. The van der Waals surface area contributed by atoms with E-state index < -0.39 is 10.8 Å². The number of hydrogen-bond donors (Lipinski definition) is 1. The van der Waals surface area contributed by atoms with Crippen LogP contribution in [0.25, 0.3) is 16.9 Å². The minimum Gasteiger partial charge on any atom is -0.322 e. The number of nitro benzene ring substituents is 1. The van der Waals surface area contributed by atoms with Gasteiger partial charge in [0.15, 0.2) is 5.65 Å². The monoisotopic (exact) mass is 394 g/mol. The van der Waals surface area contributed by atoms with E-state index in [0.29, 0.717) is 17.0 Å². The number of benzene rings is 2. The van der Waals surface area contributed by atoms with Crippen molar-refractivity contribution in [1.29, 1.82) is 0 Å². The molecule has 0 saturated carbocycles. The lowest BCUT2D eigenvalue weighted by Gasteiger charge is -2.08. The zero-order valence-corrected chi connectivity index (χ0v) is 14.9. The molecule has 2 aromatic carbocycles. The van der Waals surface area contributed by atoms with E-state index in [9.17, 15) is 14.9 Å². The lowest BCUT2D eigenvalue weighted by atomic mass is 10.1. The first-order valence-corrected chi connectivity index (χ1v) is 8.42. The van der Waals surface area contributed by atoms with E-state index in [-0.39, 0.29) is 16.3 Å². The average molecular weight is 395 g/mol. The number of anilines is 1. The van der Waals surface area contributed by atoms with E-state index in [1.807, 2.05) is 6.07 Å². The molecule has 2 aromatic heterocycles. The number of nitrogens with zero attached hydrogens (tertiary/aromatic N) is 5. The molecule has 9 nitrogen and oxygen atoms in total. The van der Waals surface area contributed by atoms with Gasteiger partial charge >= 0.3 is 0 Å². The molecule has 0 spiro atoms. The summed E-state index contributed by atoms with van der Waals surface area (Å²) in [4.78, 5) is 22.7. The van der Waals surface area contributed by atoms with Crippen molar-refractivity contribution in [3.63, 3.8) is 0 Å². The molecule has 28 heavy (non-hydrogen) atoms. The molecule has 0 aliphatic rings. The maximum Gasteiger partial charge on any atom is 0.270 e. The summed E-state index contributed by atoms with van der Waals surface area (Å²) in [7, 11) is 0. The molecule has 0 saturated heterocycles. The van der Waals surface area contributed by atoms with E-state index in [2.05, 4.69) is 20.6 Å². The standard InChI is InChI=1S/C18H11ClN6O3/c19-15-9-13(25(27)28)4-5-14(15)18(26)21-12-3-1-2-11(8-12)16-6-7-17-22-20-10-24(17)23-16/h1-10H,(H,21,26). The normalized spacial score (nSPS) is 10.8. The Hall–Kier alpha value is -3.85. The van der Waals surface area contributed by atoms with Crippen LogP contribution < -0.4 is 5.32 Å². The Morgan fingerprint density at radius 1 is 1.14 bits per heavy atom. The lowest BCUT2D eigenvalue weighted by Crippen LogP contribution is -2.12. The van der Waals surface area contributed by atoms with Crippen LogP contribution in [0.2, 0.25) is 5.02 Å². The molecule has 0 aliphatic carbocycles. The van der Waals surface area contributed by atoms with Gasteiger partial charge in [0, 0.05) is 23.4 Å². The fraction of sp³-hybridized carbons (Fsp3) is 0. The van der Waals surface area contributed by atoms with Gasteiger partial charge in [0.2, 0.25) is 0 Å². The number of hydrogen-bond acceptors (Lipinski definition) is 6. The van der Waals surface area contributed by atoms with Crippen molar-refractivity contribution in [2.75, 3.05) is 5.32 Å². The number of fused-ring (bicyclic) bond motifs is 1. The van der Waals surface area contributed by atoms with Crippen molar-refractivity contribution < 1.29 is 9.72 Å². The van der Waals surface area contributed by atoms with Gasteiger partial charge in [-0.15, -0.1) is 10.2 Å². The molecular formula is C18H11ClN6O3. The third-order valence-electron chi connectivity index (χ3n) is 3.99. The second-order valence-electron chi connectivity index (χ2n) is 5.81. The molecule has 0 unspecified atom stereocenters. The summed E-state index contributed by atoms with van der Waals surface area (Å²) < 4.78 is 1.55. The highest BCUT2D eigenvalue weighted by Gasteiger charge is 2.15. The van der Waals surface area contributed by atoms with Crippen LogP contribution in [-0.2, 0) is 0 Å². The van der Waals surface area contributed by atoms with Crippen LogP contribution in [0.3, 0.4) is 0 Å². The van der Waals surface area contributed by atoms with Crippen molar-refractivity contribution in [1.82, 2.24) is 19.8 Å². The van der Waals surface area contributed by atoms with Gasteiger partial charge in [-0.1, -0.05) is 23.7 Å². The number of carbonyl (C=O) groups is 1. The van der Waals surface area contributed by atoms with Gasteiger partial charge in [0.1, 0.15) is 6.33 Å². The van der Waals surface area contributed by atoms with Crippen molar-refractivity contribution in [3.05, 3.63) is 81.6 Å². The van der Waals surface area contributed by atoms with Crippen LogP contribution in [-0.4, -0.2) is 30.6 Å². The lowest BCUT2D eigenvalue weighted by molar-refractivity contribution is -0.384. The number of carbonyl (C=O) groups excluding carboxylic acids is 1. The van der Waals surface area contributed by atoms with Crippen LogP contribution in [0, 0.1) is 10.1 Å². The fourth-order valence-electron chi connectivity index (χ4n) is 2.64. The zero-order chi connectivity index (χ0) is 19.7. The van der Waals surface area contributed by atoms with Crippen LogP contribution in [0.5, 0.6) is 0 Å². The average Bonchev–Trinajstić information content (AvgIpc) is 3.15. The van der Waals surface area contributed by atoms with Crippen LogP contribution in [0.4, 0.5) is 11.4 Å². The van der Waals surface area contributed by atoms with E-state index in [1.54, 1.807) is 34.8 Å². The highest BCUT2D eigenvalue weighted by Crippen LogP contribution is 2.25. The van der Waals surface area contributed by atoms with Gasteiger partial charge in [-0.2, -0.15) is 9.61 Å². The van der Waals surface area contributed by atoms with E-state index in [0.717, 1.165) is 11.6 Å². The first-order chi connectivity index (χ1) is 13.5. The van der Waals surface area contributed by atoms with Crippen LogP contribution >= 0.6 is 11.6 Å². The molecule has 2 heterocycles. The van der Waals surface area contributed by atoms with E-state index in [1.165, 1.54) is 18.5 Å². The fourth-order valence-corrected chi connectivity index (χ4v) is 2.90. The molecule has 4 aromatic rings. The van der Waals surface area contributed by atoms with Crippen LogP contribution in [0.1, 0.15) is 10.4 Å². The summed E-state index contributed by atoms with van der Waals surface area (Å²) >= 11 is 6.02. The van der Waals surface area contributed by atoms with Gasteiger partial charge in [-0.05, 0) is 30.3 Å². The Morgan fingerprint density at radius 3 is 2.79 bits per heavy atom. The predicted molar refractivity (Wildman–Crippen MR) is 102 cm³/mol. The van der Waals surface area contributed by atoms with Crippen molar-refractivity contribution in [2.45, 2.75) is 0 Å². The zero-order valence-electron chi connectivity index (χ0n) is 14.1. The third kappa shape index (κ3) is 3.38. The quantitative estimate of drug-likeness (QED) is 0.417. The Morgan fingerprint density at radius 2 is 2.00 bits per heavy atom. The largest absolute Gasteiger partial charge is 0.322 e. The maximum atomic E-state index is 12.5. The summed E-state index contributed by atoms with van der Waals surface area (Å²) in [5.41, 5.74) is 2.57. The highest BCUT2D eigenvalue weighted by molar-refractivity contribution is 6.34. The SMILES string of the molecule is O=C(Nc1cccc(-c2ccc3nncn3n2)c1)c1ccc([N+](=O)[O-])cc1Cl. The van der Waals surface area contributed by atoms with Crippen molar-refractivity contribution in [3.8, 4) is 11.3 Å². The number of non-ortho nitro benzene ring substituents is 1. The summed E-state index contributed by atoms with van der Waals surface area (Å²) in [5.74, 6) is -0.473.